The summed E-state index contributed by atoms with van der Waals surface area (Å²) >= 11 is 0. The van der Waals surface area contributed by atoms with Crippen molar-refractivity contribution in [1.29, 1.82) is 0 Å². The standard InChI is InChI=1S/C23H34N2/c1-2-3-6-15-24-16-18-25(19-17-24)22-8-5-4-7-21(22)20-9-11-23(12-10-20)13-14-23/h4-5,7-9H,2-3,6,10-19H2,1H3. The molecular formula is C23H34N2. The van der Waals surface area contributed by atoms with Gasteiger partial charge >= 0.3 is 0 Å². The fourth-order valence-corrected chi connectivity index (χ4v) is 4.64. The first-order chi connectivity index (χ1) is 12.3. The van der Waals surface area contributed by atoms with E-state index in [0.717, 1.165) is 5.41 Å². The summed E-state index contributed by atoms with van der Waals surface area (Å²) in [5.41, 5.74) is 5.33. The average Bonchev–Trinajstić information content (AvgIpc) is 3.42. The van der Waals surface area contributed by atoms with Crippen LogP contribution in [0.15, 0.2) is 30.3 Å². The number of benzene rings is 1. The molecule has 1 spiro atoms. The molecule has 0 atom stereocenters. The molecule has 1 saturated carbocycles. The molecule has 3 aliphatic rings. The maximum Gasteiger partial charge on any atom is 0.0443 e. The van der Waals surface area contributed by atoms with Gasteiger partial charge in [0.2, 0.25) is 0 Å². The lowest BCUT2D eigenvalue weighted by Crippen LogP contribution is -2.46. The van der Waals surface area contributed by atoms with Crippen molar-refractivity contribution >= 4 is 11.3 Å². The lowest BCUT2D eigenvalue weighted by Gasteiger charge is -2.37. The normalized spacial score (nSPS) is 22.9. The molecular weight excluding hydrogens is 304 g/mol. The van der Waals surface area contributed by atoms with E-state index in [-0.39, 0.29) is 0 Å². The Hall–Kier alpha value is -1.28. The van der Waals surface area contributed by atoms with Crippen molar-refractivity contribution < 1.29 is 0 Å². The Labute approximate surface area is 153 Å². The summed E-state index contributed by atoms with van der Waals surface area (Å²) in [6.45, 7) is 8.39. The molecule has 0 bridgehead atoms. The largest absolute Gasteiger partial charge is 0.368 e. The van der Waals surface area contributed by atoms with Gasteiger partial charge in [0.05, 0.1) is 0 Å². The average molecular weight is 339 g/mol. The molecule has 0 N–H and O–H groups in total. The van der Waals surface area contributed by atoms with Crippen molar-refractivity contribution in [2.45, 2.75) is 58.3 Å². The highest BCUT2D eigenvalue weighted by Crippen LogP contribution is 2.56. The molecule has 25 heavy (non-hydrogen) atoms. The van der Waals surface area contributed by atoms with Crippen molar-refractivity contribution in [2.75, 3.05) is 37.6 Å². The van der Waals surface area contributed by atoms with E-state index in [1.165, 1.54) is 95.3 Å². The molecule has 2 heteroatoms. The Kier molecular flexibility index (Phi) is 5.17. The smallest absolute Gasteiger partial charge is 0.0443 e. The predicted octanol–water partition coefficient (Wildman–Crippen LogP) is 5.35. The van der Waals surface area contributed by atoms with Gasteiger partial charge in [-0.25, -0.2) is 0 Å². The summed E-state index contributed by atoms with van der Waals surface area (Å²) in [7, 11) is 0. The number of piperazine rings is 1. The van der Waals surface area contributed by atoms with E-state index in [9.17, 15) is 0 Å². The summed E-state index contributed by atoms with van der Waals surface area (Å²) in [4.78, 5) is 5.29. The number of hydrogen-bond acceptors (Lipinski definition) is 2. The van der Waals surface area contributed by atoms with Crippen LogP contribution in [0.1, 0.15) is 63.9 Å². The van der Waals surface area contributed by atoms with Crippen LogP contribution in [0.2, 0.25) is 0 Å². The number of anilines is 1. The van der Waals surface area contributed by atoms with E-state index >= 15 is 0 Å². The van der Waals surface area contributed by atoms with Crippen molar-refractivity contribution in [1.82, 2.24) is 4.90 Å². The van der Waals surface area contributed by atoms with Gasteiger partial charge in [0.25, 0.3) is 0 Å². The molecule has 2 aliphatic carbocycles. The van der Waals surface area contributed by atoms with Crippen molar-refractivity contribution in [3.8, 4) is 0 Å². The minimum Gasteiger partial charge on any atom is -0.368 e. The van der Waals surface area contributed by atoms with Gasteiger partial charge < -0.3 is 4.90 Å². The highest BCUT2D eigenvalue weighted by atomic mass is 15.3. The third-order valence-electron chi connectivity index (χ3n) is 6.70. The van der Waals surface area contributed by atoms with Gasteiger partial charge in [-0.05, 0) is 62.1 Å². The van der Waals surface area contributed by atoms with Crippen LogP contribution in [-0.2, 0) is 0 Å². The summed E-state index contributed by atoms with van der Waals surface area (Å²) < 4.78 is 0. The number of hydrogen-bond donors (Lipinski definition) is 0. The van der Waals surface area contributed by atoms with Crippen LogP contribution in [-0.4, -0.2) is 37.6 Å². The van der Waals surface area contributed by atoms with Gasteiger partial charge in [0, 0.05) is 37.4 Å². The Morgan fingerprint density at radius 1 is 0.960 bits per heavy atom. The molecule has 1 saturated heterocycles. The zero-order valence-corrected chi connectivity index (χ0v) is 16.0. The highest BCUT2D eigenvalue weighted by molar-refractivity contribution is 5.77. The quantitative estimate of drug-likeness (QED) is 0.645. The van der Waals surface area contributed by atoms with E-state index < -0.39 is 0 Å². The van der Waals surface area contributed by atoms with Crippen LogP contribution >= 0.6 is 0 Å². The van der Waals surface area contributed by atoms with E-state index in [1.807, 2.05) is 0 Å². The van der Waals surface area contributed by atoms with Crippen LogP contribution in [0.3, 0.4) is 0 Å². The first-order valence-electron chi connectivity index (χ1n) is 10.6. The molecule has 0 unspecified atom stereocenters. The van der Waals surface area contributed by atoms with Crippen molar-refractivity contribution in [2.24, 2.45) is 5.41 Å². The molecule has 4 rings (SSSR count). The minimum absolute atomic E-state index is 0.725. The summed E-state index contributed by atoms with van der Waals surface area (Å²) in [6.07, 6.45) is 13.6. The van der Waals surface area contributed by atoms with Crippen molar-refractivity contribution in [3.63, 3.8) is 0 Å². The fourth-order valence-electron chi connectivity index (χ4n) is 4.64. The first-order valence-corrected chi connectivity index (χ1v) is 10.6. The second-order valence-electron chi connectivity index (χ2n) is 8.49. The number of allylic oxidation sites excluding steroid dienone is 2. The monoisotopic (exact) mass is 338 g/mol. The molecule has 0 amide bonds. The lowest BCUT2D eigenvalue weighted by molar-refractivity contribution is 0.252. The maximum atomic E-state index is 2.66. The van der Waals surface area contributed by atoms with Crippen molar-refractivity contribution in [3.05, 3.63) is 35.9 Å². The Bertz CT molecular complexity index is 606. The molecule has 1 aliphatic heterocycles. The zero-order valence-electron chi connectivity index (χ0n) is 16.0. The minimum atomic E-state index is 0.725. The lowest BCUT2D eigenvalue weighted by atomic mass is 9.84. The van der Waals surface area contributed by atoms with Crippen LogP contribution in [0, 0.1) is 5.41 Å². The summed E-state index contributed by atoms with van der Waals surface area (Å²) in [6, 6.07) is 9.16. The van der Waals surface area contributed by atoms with Gasteiger partial charge in [-0.15, -0.1) is 0 Å². The van der Waals surface area contributed by atoms with E-state index in [2.05, 4.69) is 47.1 Å². The second kappa shape index (κ2) is 7.53. The second-order valence-corrected chi connectivity index (χ2v) is 8.49. The Morgan fingerprint density at radius 3 is 2.44 bits per heavy atom. The SMILES string of the molecule is CCCCCN1CCN(c2ccccc2C2=CCC3(CC2)CC3)CC1. The van der Waals surface area contributed by atoms with Gasteiger partial charge in [-0.3, -0.25) is 4.90 Å². The molecule has 0 radical (unpaired) electrons. The van der Waals surface area contributed by atoms with Gasteiger partial charge in [0.15, 0.2) is 0 Å². The molecule has 2 fully saturated rings. The van der Waals surface area contributed by atoms with Gasteiger partial charge in [-0.1, -0.05) is 44.0 Å². The van der Waals surface area contributed by atoms with Gasteiger partial charge in [0.1, 0.15) is 0 Å². The molecule has 1 heterocycles. The Balaban J connectivity index is 1.41. The summed E-state index contributed by atoms with van der Waals surface area (Å²) in [5, 5.41) is 0. The first kappa shape index (κ1) is 17.1. The number of rotatable bonds is 6. The van der Waals surface area contributed by atoms with Gasteiger partial charge in [-0.2, -0.15) is 0 Å². The van der Waals surface area contributed by atoms with Crippen LogP contribution in [0.5, 0.6) is 0 Å². The van der Waals surface area contributed by atoms with Crippen LogP contribution in [0.25, 0.3) is 5.57 Å². The van der Waals surface area contributed by atoms with Crippen LogP contribution < -0.4 is 4.90 Å². The Morgan fingerprint density at radius 2 is 1.76 bits per heavy atom. The highest BCUT2D eigenvalue weighted by Gasteiger charge is 2.42. The molecule has 136 valence electrons. The van der Waals surface area contributed by atoms with E-state index in [1.54, 1.807) is 5.57 Å². The van der Waals surface area contributed by atoms with E-state index in [4.69, 9.17) is 0 Å². The molecule has 2 nitrogen and oxygen atoms in total. The molecule has 0 aromatic heterocycles. The molecule has 1 aromatic rings. The third kappa shape index (κ3) is 3.95. The van der Waals surface area contributed by atoms with E-state index in [0.29, 0.717) is 0 Å². The number of para-hydroxylation sites is 1. The summed E-state index contributed by atoms with van der Waals surface area (Å²) in [5.74, 6) is 0. The zero-order chi connectivity index (χ0) is 17.1. The topological polar surface area (TPSA) is 6.48 Å². The maximum absolute atomic E-state index is 2.66. The molecule has 1 aromatic carbocycles. The fraction of sp³-hybridized carbons (Fsp3) is 0.652. The van der Waals surface area contributed by atoms with Crippen LogP contribution in [0.4, 0.5) is 5.69 Å². The third-order valence-corrected chi connectivity index (χ3v) is 6.70. The number of unbranched alkanes of at least 4 members (excludes halogenated alkanes) is 2. The predicted molar refractivity (Wildman–Crippen MR) is 108 cm³/mol. The number of nitrogens with zero attached hydrogens (tertiary/aromatic N) is 2.